The Bertz CT molecular complexity index is 797. The molecule has 1 atom stereocenters. The van der Waals surface area contributed by atoms with E-state index in [-0.39, 0.29) is 5.41 Å². The maximum atomic E-state index is 5.97. The first-order chi connectivity index (χ1) is 14.5. The molecule has 2 heterocycles. The van der Waals surface area contributed by atoms with Crippen molar-refractivity contribution in [2.75, 3.05) is 32.8 Å². The number of likely N-dealkylation sites (tertiary alicyclic amines) is 1. The van der Waals surface area contributed by atoms with E-state index in [4.69, 9.17) is 14.7 Å². The quantitative estimate of drug-likeness (QED) is 0.497. The number of nitrogens with zero attached hydrogens (tertiary/aromatic N) is 3. The van der Waals surface area contributed by atoms with Crippen molar-refractivity contribution >= 4 is 17.3 Å². The monoisotopic (exact) mass is 428 g/mol. The number of aliphatic imine (C=N–C) groups is 1. The summed E-state index contributed by atoms with van der Waals surface area (Å²) in [6.45, 7) is 13.9. The normalized spacial score (nSPS) is 17.5. The highest BCUT2D eigenvalue weighted by atomic mass is 32.1. The summed E-state index contributed by atoms with van der Waals surface area (Å²) in [6, 6.07) is 10.4. The van der Waals surface area contributed by atoms with Crippen molar-refractivity contribution in [2.24, 2.45) is 10.9 Å². The van der Waals surface area contributed by atoms with Crippen LogP contribution < -0.4 is 5.32 Å². The lowest BCUT2D eigenvalue weighted by molar-refractivity contribution is 0.0907. The highest BCUT2D eigenvalue weighted by molar-refractivity contribution is 7.09. The SMILES string of the molecule is CCNC(=NCCc1nc(C(C)(C)C)cs1)N1CCC(COCc2ccccc2)C1. The Kier molecular flexibility index (Phi) is 8.28. The van der Waals surface area contributed by atoms with Crippen LogP contribution in [0.15, 0.2) is 40.7 Å². The van der Waals surface area contributed by atoms with E-state index in [2.05, 4.69) is 67.6 Å². The lowest BCUT2D eigenvalue weighted by atomic mass is 9.93. The smallest absolute Gasteiger partial charge is 0.193 e. The van der Waals surface area contributed by atoms with Crippen molar-refractivity contribution < 1.29 is 4.74 Å². The van der Waals surface area contributed by atoms with Gasteiger partial charge in [0, 0.05) is 49.3 Å². The predicted molar refractivity (Wildman–Crippen MR) is 126 cm³/mol. The molecule has 3 rings (SSSR count). The zero-order chi connectivity index (χ0) is 21.4. The van der Waals surface area contributed by atoms with Gasteiger partial charge in [0.05, 0.1) is 23.9 Å². The van der Waals surface area contributed by atoms with Crippen LogP contribution in [-0.4, -0.2) is 48.6 Å². The molecule has 0 amide bonds. The molecule has 2 aromatic rings. The minimum absolute atomic E-state index is 0.111. The lowest BCUT2D eigenvalue weighted by Gasteiger charge is -2.21. The van der Waals surface area contributed by atoms with Crippen LogP contribution in [0.3, 0.4) is 0 Å². The van der Waals surface area contributed by atoms with Gasteiger partial charge in [-0.1, -0.05) is 51.1 Å². The molecule has 0 aliphatic carbocycles. The summed E-state index contributed by atoms with van der Waals surface area (Å²) in [5, 5.41) is 6.82. The molecule has 6 heteroatoms. The second-order valence-corrected chi connectivity index (χ2v) is 9.91. The number of rotatable bonds is 8. The van der Waals surface area contributed by atoms with Gasteiger partial charge in [-0.05, 0) is 18.9 Å². The molecule has 0 spiro atoms. The van der Waals surface area contributed by atoms with Crippen molar-refractivity contribution in [3.63, 3.8) is 0 Å². The summed E-state index contributed by atoms with van der Waals surface area (Å²) >= 11 is 1.75. The van der Waals surface area contributed by atoms with Gasteiger partial charge in [-0.3, -0.25) is 4.99 Å². The Hall–Kier alpha value is -1.92. The van der Waals surface area contributed by atoms with E-state index < -0.39 is 0 Å². The fourth-order valence-electron chi connectivity index (χ4n) is 3.53. The third-order valence-corrected chi connectivity index (χ3v) is 6.20. The second-order valence-electron chi connectivity index (χ2n) is 8.96. The molecule has 30 heavy (non-hydrogen) atoms. The maximum absolute atomic E-state index is 5.97. The number of hydrogen-bond donors (Lipinski definition) is 1. The van der Waals surface area contributed by atoms with E-state index in [1.54, 1.807) is 11.3 Å². The number of ether oxygens (including phenoxy) is 1. The molecule has 164 valence electrons. The zero-order valence-corrected chi connectivity index (χ0v) is 19.7. The van der Waals surface area contributed by atoms with E-state index in [1.807, 2.05) is 6.07 Å². The Morgan fingerprint density at radius 3 is 2.80 bits per heavy atom. The molecule has 1 N–H and O–H groups in total. The summed E-state index contributed by atoms with van der Waals surface area (Å²) in [5.41, 5.74) is 2.52. The number of nitrogens with one attached hydrogen (secondary N) is 1. The number of hydrogen-bond acceptors (Lipinski definition) is 4. The highest BCUT2D eigenvalue weighted by Crippen LogP contribution is 2.24. The number of thiazole rings is 1. The number of guanidine groups is 1. The Labute approximate surface area is 185 Å². The van der Waals surface area contributed by atoms with E-state index in [1.165, 1.54) is 16.3 Å². The molecular weight excluding hydrogens is 392 g/mol. The van der Waals surface area contributed by atoms with Crippen LogP contribution in [0.4, 0.5) is 0 Å². The molecule has 0 saturated carbocycles. The fourth-order valence-corrected chi connectivity index (χ4v) is 4.55. The molecule has 1 saturated heterocycles. The summed E-state index contributed by atoms with van der Waals surface area (Å²) in [6.07, 6.45) is 2.05. The molecule has 1 aliphatic heterocycles. The number of aromatic nitrogens is 1. The first-order valence-corrected chi connectivity index (χ1v) is 11.9. The minimum Gasteiger partial charge on any atom is -0.376 e. The van der Waals surface area contributed by atoms with Crippen molar-refractivity contribution in [1.82, 2.24) is 15.2 Å². The molecule has 1 aromatic carbocycles. The molecule has 5 nitrogen and oxygen atoms in total. The van der Waals surface area contributed by atoms with Gasteiger partial charge in [-0.15, -0.1) is 11.3 Å². The van der Waals surface area contributed by atoms with Crippen molar-refractivity contribution in [2.45, 2.75) is 52.6 Å². The molecule has 1 aliphatic rings. The van der Waals surface area contributed by atoms with E-state index in [0.717, 1.165) is 51.6 Å². The van der Waals surface area contributed by atoms with Gasteiger partial charge in [-0.2, -0.15) is 0 Å². The highest BCUT2D eigenvalue weighted by Gasteiger charge is 2.25. The van der Waals surface area contributed by atoms with Crippen LogP contribution in [0.5, 0.6) is 0 Å². The van der Waals surface area contributed by atoms with E-state index in [9.17, 15) is 0 Å². The zero-order valence-electron chi connectivity index (χ0n) is 18.9. The maximum Gasteiger partial charge on any atom is 0.193 e. The van der Waals surface area contributed by atoms with E-state index in [0.29, 0.717) is 12.5 Å². The summed E-state index contributed by atoms with van der Waals surface area (Å²) in [7, 11) is 0. The Morgan fingerprint density at radius 2 is 2.10 bits per heavy atom. The summed E-state index contributed by atoms with van der Waals surface area (Å²) < 4.78 is 5.97. The van der Waals surface area contributed by atoms with Gasteiger partial charge in [0.2, 0.25) is 0 Å². The van der Waals surface area contributed by atoms with Crippen LogP contribution in [0.2, 0.25) is 0 Å². The van der Waals surface area contributed by atoms with Crippen LogP contribution in [0.1, 0.15) is 50.4 Å². The van der Waals surface area contributed by atoms with Crippen molar-refractivity contribution in [3.05, 3.63) is 52.0 Å². The fraction of sp³-hybridized carbons (Fsp3) is 0.583. The molecular formula is C24H36N4OS. The largest absolute Gasteiger partial charge is 0.376 e. The third-order valence-electron chi connectivity index (χ3n) is 5.29. The summed E-state index contributed by atoms with van der Waals surface area (Å²) in [5.74, 6) is 1.58. The van der Waals surface area contributed by atoms with Crippen LogP contribution in [0.25, 0.3) is 0 Å². The molecule has 1 fully saturated rings. The summed E-state index contributed by atoms with van der Waals surface area (Å²) in [4.78, 5) is 12.1. The average Bonchev–Trinajstić information content (AvgIpc) is 3.38. The molecule has 0 bridgehead atoms. The van der Waals surface area contributed by atoms with Gasteiger partial charge < -0.3 is 15.0 Å². The Morgan fingerprint density at radius 1 is 1.30 bits per heavy atom. The van der Waals surface area contributed by atoms with Gasteiger partial charge in [0.15, 0.2) is 5.96 Å². The van der Waals surface area contributed by atoms with Crippen molar-refractivity contribution in [1.29, 1.82) is 0 Å². The topological polar surface area (TPSA) is 49.8 Å². The first kappa shape index (κ1) is 22.8. The third kappa shape index (κ3) is 6.81. The van der Waals surface area contributed by atoms with Gasteiger partial charge in [0.25, 0.3) is 0 Å². The Balaban J connectivity index is 1.46. The van der Waals surface area contributed by atoms with Crippen LogP contribution in [0, 0.1) is 5.92 Å². The van der Waals surface area contributed by atoms with Gasteiger partial charge >= 0.3 is 0 Å². The molecule has 1 unspecified atom stereocenters. The van der Waals surface area contributed by atoms with Crippen molar-refractivity contribution in [3.8, 4) is 0 Å². The van der Waals surface area contributed by atoms with Crippen LogP contribution in [-0.2, 0) is 23.2 Å². The average molecular weight is 429 g/mol. The molecule has 0 radical (unpaired) electrons. The van der Waals surface area contributed by atoms with E-state index >= 15 is 0 Å². The van der Waals surface area contributed by atoms with Gasteiger partial charge in [0.1, 0.15) is 0 Å². The number of benzene rings is 1. The lowest BCUT2D eigenvalue weighted by Crippen LogP contribution is -2.40. The van der Waals surface area contributed by atoms with Gasteiger partial charge in [-0.25, -0.2) is 4.98 Å². The second kappa shape index (κ2) is 10.9. The van der Waals surface area contributed by atoms with Crippen LogP contribution >= 0.6 is 11.3 Å². The molecule has 1 aromatic heterocycles. The minimum atomic E-state index is 0.111. The standard InChI is InChI=1S/C24H36N4OS/c1-5-25-23(26-13-11-22-27-21(18-30-22)24(2,3)4)28-14-12-20(15-28)17-29-16-19-9-7-6-8-10-19/h6-10,18,20H,5,11-17H2,1-4H3,(H,25,26). The predicted octanol–water partition coefficient (Wildman–Crippen LogP) is 4.49. The first-order valence-electron chi connectivity index (χ1n) is 11.1.